The quantitative estimate of drug-likeness (QED) is 0.878. The number of nitrogens with one attached hydrogen (secondary N) is 1. The summed E-state index contributed by atoms with van der Waals surface area (Å²) in [5.74, 6) is 1.22. The zero-order chi connectivity index (χ0) is 15.1. The Morgan fingerprint density at radius 2 is 2.05 bits per heavy atom. The van der Waals surface area contributed by atoms with Gasteiger partial charge in [-0.15, -0.1) is 0 Å². The molecule has 21 heavy (non-hydrogen) atoms. The fourth-order valence-electron chi connectivity index (χ4n) is 2.35. The van der Waals surface area contributed by atoms with E-state index in [-0.39, 0.29) is 5.91 Å². The van der Waals surface area contributed by atoms with Gasteiger partial charge in [0.25, 0.3) is 5.91 Å². The number of hydrogen-bond acceptors (Lipinski definition) is 3. The molecule has 116 valence electrons. The average Bonchev–Trinajstić information content (AvgIpc) is 2.50. The van der Waals surface area contributed by atoms with E-state index in [4.69, 9.17) is 21.1 Å². The fourth-order valence-corrected chi connectivity index (χ4v) is 2.48. The Hall–Kier alpha value is -1.26. The summed E-state index contributed by atoms with van der Waals surface area (Å²) in [6.07, 6.45) is 2.67. The fraction of sp³-hybridized carbons (Fsp3) is 0.562. The van der Waals surface area contributed by atoms with Crippen molar-refractivity contribution in [2.45, 2.75) is 32.3 Å². The third kappa shape index (κ3) is 5.56. The van der Waals surface area contributed by atoms with Gasteiger partial charge in [-0.2, -0.15) is 0 Å². The molecule has 0 radical (unpaired) electrons. The first-order valence-electron chi connectivity index (χ1n) is 7.43. The Morgan fingerprint density at radius 1 is 1.38 bits per heavy atom. The predicted octanol–water partition coefficient (Wildman–Crippen LogP) is 3.04. The Kier molecular flexibility index (Phi) is 6.33. The van der Waals surface area contributed by atoms with Gasteiger partial charge in [0, 0.05) is 24.8 Å². The molecule has 0 aromatic heterocycles. The highest BCUT2D eigenvalue weighted by Crippen LogP contribution is 2.18. The van der Waals surface area contributed by atoms with E-state index >= 15 is 0 Å². The minimum absolute atomic E-state index is 0.0861. The molecule has 1 atom stereocenters. The van der Waals surface area contributed by atoms with Crippen LogP contribution < -0.4 is 10.1 Å². The van der Waals surface area contributed by atoms with Gasteiger partial charge in [-0.05, 0) is 56.4 Å². The first-order valence-corrected chi connectivity index (χ1v) is 7.80. The van der Waals surface area contributed by atoms with Gasteiger partial charge in [0.05, 0.1) is 0 Å². The van der Waals surface area contributed by atoms with Gasteiger partial charge in [-0.25, -0.2) is 0 Å². The lowest BCUT2D eigenvalue weighted by molar-refractivity contribution is -0.127. The lowest BCUT2D eigenvalue weighted by atomic mass is 9.97. The van der Waals surface area contributed by atoms with Crippen molar-refractivity contribution >= 4 is 17.5 Å². The molecule has 0 bridgehead atoms. The molecule has 1 saturated heterocycles. The van der Waals surface area contributed by atoms with Crippen molar-refractivity contribution in [1.29, 1.82) is 0 Å². The maximum absolute atomic E-state index is 12.0. The van der Waals surface area contributed by atoms with Crippen LogP contribution in [0.25, 0.3) is 0 Å². The molecule has 1 unspecified atom stereocenters. The van der Waals surface area contributed by atoms with Crippen molar-refractivity contribution < 1.29 is 14.3 Å². The number of rotatable bonds is 6. The lowest BCUT2D eigenvalue weighted by Crippen LogP contribution is -2.37. The van der Waals surface area contributed by atoms with E-state index in [1.54, 1.807) is 31.2 Å². The highest BCUT2D eigenvalue weighted by molar-refractivity contribution is 6.30. The Bertz CT molecular complexity index is 443. The summed E-state index contributed by atoms with van der Waals surface area (Å²) in [6, 6.07) is 7.00. The standard InChI is InChI=1S/C16H22ClNO3/c1-12(21-15-4-2-14(17)3-5-15)16(19)18-9-6-13-7-10-20-11-8-13/h2-5,12-13H,6-11H2,1H3,(H,18,19). The predicted molar refractivity (Wildman–Crippen MR) is 82.7 cm³/mol. The molecule has 1 heterocycles. The number of amides is 1. The number of hydrogen-bond donors (Lipinski definition) is 1. The molecule has 0 saturated carbocycles. The van der Waals surface area contributed by atoms with Crippen molar-refractivity contribution in [3.8, 4) is 5.75 Å². The number of halogens is 1. The Morgan fingerprint density at radius 3 is 2.71 bits per heavy atom. The molecule has 1 amide bonds. The molecular weight excluding hydrogens is 290 g/mol. The summed E-state index contributed by atoms with van der Waals surface area (Å²) >= 11 is 5.81. The van der Waals surface area contributed by atoms with Crippen LogP contribution in [0.2, 0.25) is 5.02 Å². The van der Waals surface area contributed by atoms with Gasteiger partial charge in [-0.3, -0.25) is 4.79 Å². The van der Waals surface area contributed by atoms with Gasteiger partial charge >= 0.3 is 0 Å². The SMILES string of the molecule is CC(Oc1ccc(Cl)cc1)C(=O)NCCC1CCOCC1. The topological polar surface area (TPSA) is 47.6 Å². The van der Waals surface area contributed by atoms with E-state index in [9.17, 15) is 4.79 Å². The number of carbonyl (C=O) groups is 1. The van der Waals surface area contributed by atoms with Crippen LogP contribution in [0.3, 0.4) is 0 Å². The number of benzene rings is 1. The van der Waals surface area contributed by atoms with Crippen molar-refractivity contribution in [1.82, 2.24) is 5.32 Å². The van der Waals surface area contributed by atoms with Crippen LogP contribution in [0, 0.1) is 5.92 Å². The second-order valence-corrected chi connectivity index (χ2v) is 5.79. The van der Waals surface area contributed by atoms with Gasteiger partial charge in [0.1, 0.15) is 5.75 Å². The molecule has 4 nitrogen and oxygen atoms in total. The molecule has 5 heteroatoms. The van der Waals surface area contributed by atoms with Crippen molar-refractivity contribution in [3.05, 3.63) is 29.3 Å². The summed E-state index contributed by atoms with van der Waals surface area (Å²) in [7, 11) is 0. The summed E-state index contributed by atoms with van der Waals surface area (Å²) < 4.78 is 10.9. The lowest BCUT2D eigenvalue weighted by Gasteiger charge is -2.22. The van der Waals surface area contributed by atoms with Crippen molar-refractivity contribution in [3.63, 3.8) is 0 Å². The molecule has 1 aromatic rings. The molecule has 1 aromatic carbocycles. The van der Waals surface area contributed by atoms with E-state index in [0.717, 1.165) is 32.5 Å². The molecule has 1 aliphatic heterocycles. The minimum atomic E-state index is -0.513. The molecule has 2 rings (SSSR count). The van der Waals surface area contributed by atoms with Crippen LogP contribution in [-0.4, -0.2) is 31.8 Å². The molecule has 1 N–H and O–H groups in total. The van der Waals surface area contributed by atoms with E-state index in [1.807, 2.05) is 0 Å². The van der Waals surface area contributed by atoms with E-state index in [0.29, 0.717) is 23.2 Å². The van der Waals surface area contributed by atoms with Gasteiger partial charge in [0.2, 0.25) is 0 Å². The van der Waals surface area contributed by atoms with Crippen LogP contribution in [0.1, 0.15) is 26.2 Å². The highest BCUT2D eigenvalue weighted by atomic mass is 35.5. The third-order valence-corrected chi connectivity index (χ3v) is 3.94. The molecular formula is C16H22ClNO3. The van der Waals surface area contributed by atoms with Gasteiger partial charge in [-0.1, -0.05) is 11.6 Å². The smallest absolute Gasteiger partial charge is 0.260 e. The molecule has 0 aliphatic carbocycles. The largest absolute Gasteiger partial charge is 0.481 e. The van der Waals surface area contributed by atoms with E-state index in [2.05, 4.69) is 5.32 Å². The van der Waals surface area contributed by atoms with Crippen LogP contribution in [-0.2, 0) is 9.53 Å². The molecule has 0 spiro atoms. The van der Waals surface area contributed by atoms with Gasteiger partial charge in [0.15, 0.2) is 6.10 Å². The van der Waals surface area contributed by atoms with Crippen LogP contribution in [0.15, 0.2) is 24.3 Å². The zero-order valence-electron chi connectivity index (χ0n) is 12.3. The second kappa shape index (κ2) is 8.25. The van der Waals surface area contributed by atoms with Crippen LogP contribution in [0.4, 0.5) is 0 Å². The second-order valence-electron chi connectivity index (χ2n) is 5.35. The summed E-state index contributed by atoms with van der Waals surface area (Å²) in [5.41, 5.74) is 0. The van der Waals surface area contributed by atoms with Crippen molar-refractivity contribution in [2.75, 3.05) is 19.8 Å². The summed E-state index contributed by atoms with van der Waals surface area (Å²) in [4.78, 5) is 12.0. The Labute approximate surface area is 130 Å². The summed E-state index contributed by atoms with van der Waals surface area (Å²) in [6.45, 7) is 4.12. The van der Waals surface area contributed by atoms with E-state index in [1.165, 1.54) is 0 Å². The zero-order valence-corrected chi connectivity index (χ0v) is 13.1. The minimum Gasteiger partial charge on any atom is -0.481 e. The first kappa shape index (κ1) is 16.1. The van der Waals surface area contributed by atoms with Crippen LogP contribution in [0.5, 0.6) is 5.75 Å². The van der Waals surface area contributed by atoms with Gasteiger partial charge < -0.3 is 14.8 Å². The molecule has 1 aliphatic rings. The van der Waals surface area contributed by atoms with E-state index < -0.39 is 6.10 Å². The van der Waals surface area contributed by atoms with Crippen LogP contribution >= 0.6 is 11.6 Å². The van der Waals surface area contributed by atoms with Crippen molar-refractivity contribution in [2.24, 2.45) is 5.92 Å². The highest BCUT2D eigenvalue weighted by Gasteiger charge is 2.16. The first-order chi connectivity index (χ1) is 10.1. The maximum atomic E-state index is 12.0. The maximum Gasteiger partial charge on any atom is 0.260 e. The Balaban J connectivity index is 1.68. The average molecular weight is 312 g/mol. The number of carbonyl (C=O) groups excluding carboxylic acids is 1. The normalized spacial score (nSPS) is 17.2. The summed E-state index contributed by atoms with van der Waals surface area (Å²) in [5, 5.41) is 3.58. The monoisotopic (exact) mass is 311 g/mol. The third-order valence-electron chi connectivity index (χ3n) is 3.69. The number of ether oxygens (including phenoxy) is 2. The molecule has 1 fully saturated rings.